The van der Waals surface area contributed by atoms with Crippen molar-refractivity contribution >= 4 is 18.5 Å². The predicted molar refractivity (Wildman–Crippen MR) is 120 cm³/mol. The van der Waals surface area contributed by atoms with Gasteiger partial charge in [0.25, 0.3) is 0 Å². The highest BCUT2D eigenvalue weighted by molar-refractivity contribution is 7.80. The summed E-state index contributed by atoms with van der Waals surface area (Å²) in [6.45, 7) is 3.57. The first-order chi connectivity index (χ1) is 14.1. The van der Waals surface area contributed by atoms with Gasteiger partial charge in [-0.2, -0.15) is 12.6 Å². The van der Waals surface area contributed by atoms with Crippen LogP contribution in [0.3, 0.4) is 0 Å². The Balaban J connectivity index is 1.68. The Morgan fingerprint density at radius 3 is 2.72 bits per heavy atom. The smallest absolute Gasteiger partial charge is 0.241 e. The topological polar surface area (TPSA) is 64.2 Å². The Morgan fingerprint density at radius 1 is 1.24 bits per heavy atom. The number of hydrogen-bond acceptors (Lipinski definition) is 4. The second-order valence-electron chi connectivity index (χ2n) is 8.57. The highest BCUT2D eigenvalue weighted by Crippen LogP contribution is 2.38. The lowest BCUT2D eigenvalue weighted by Crippen LogP contribution is -2.50. The lowest BCUT2D eigenvalue weighted by molar-refractivity contribution is -0.136. The van der Waals surface area contributed by atoms with Crippen LogP contribution in [0.15, 0.2) is 30.5 Å². The van der Waals surface area contributed by atoms with E-state index < -0.39 is 6.04 Å². The van der Waals surface area contributed by atoms with Gasteiger partial charge in [0.1, 0.15) is 5.82 Å². The largest absolute Gasteiger partial charge is 0.331 e. The van der Waals surface area contributed by atoms with E-state index in [1.165, 1.54) is 37.7 Å². The van der Waals surface area contributed by atoms with E-state index in [1.54, 1.807) is 0 Å². The number of fused-ring (bicyclic) bond motifs is 1. The number of nitrogens with zero attached hydrogens (tertiary/aromatic N) is 3. The predicted octanol–water partition coefficient (Wildman–Crippen LogP) is 3.97. The van der Waals surface area contributed by atoms with Gasteiger partial charge in [-0.1, -0.05) is 56.4 Å². The van der Waals surface area contributed by atoms with E-state index in [2.05, 4.69) is 54.6 Å². The van der Waals surface area contributed by atoms with Gasteiger partial charge in [-0.15, -0.1) is 0 Å². The number of amides is 1. The molecule has 5 nitrogen and oxygen atoms in total. The fourth-order valence-corrected chi connectivity index (χ4v) is 5.06. The van der Waals surface area contributed by atoms with Crippen LogP contribution < -0.4 is 5.73 Å². The summed E-state index contributed by atoms with van der Waals surface area (Å²) in [6, 6.07) is 7.81. The van der Waals surface area contributed by atoms with Gasteiger partial charge >= 0.3 is 0 Å². The average molecular weight is 413 g/mol. The number of rotatable bonds is 5. The molecule has 29 heavy (non-hydrogen) atoms. The van der Waals surface area contributed by atoms with Crippen LogP contribution in [0, 0.1) is 12.8 Å². The first-order valence-electron chi connectivity index (χ1n) is 10.9. The molecule has 2 aliphatic rings. The van der Waals surface area contributed by atoms with Crippen LogP contribution in [-0.2, 0) is 11.3 Å². The van der Waals surface area contributed by atoms with E-state index in [0.29, 0.717) is 18.2 Å². The maximum absolute atomic E-state index is 13.0. The van der Waals surface area contributed by atoms with Crippen LogP contribution in [0.5, 0.6) is 0 Å². The van der Waals surface area contributed by atoms with E-state index in [-0.39, 0.29) is 11.9 Å². The SMILES string of the molecule is Cc1ccccc1-c1cn2c(n1)C(CC1CCCCC1)N(C(=O)C(N)CS)CC2. The van der Waals surface area contributed by atoms with Crippen LogP contribution in [0.4, 0.5) is 0 Å². The monoisotopic (exact) mass is 412 g/mol. The molecular formula is C23H32N4OS. The molecule has 0 saturated heterocycles. The van der Waals surface area contributed by atoms with Gasteiger partial charge in [-0.25, -0.2) is 4.98 Å². The highest BCUT2D eigenvalue weighted by atomic mass is 32.1. The van der Waals surface area contributed by atoms with Crippen molar-refractivity contribution in [3.8, 4) is 11.3 Å². The number of nitrogens with two attached hydrogens (primary N) is 1. The molecule has 0 bridgehead atoms. The maximum atomic E-state index is 13.0. The van der Waals surface area contributed by atoms with Crippen LogP contribution in [0.2, 0.25) is 0 Å². The third kappa shape index (κ3) is 4.24. The number of thiol groups is 1. The summed E-state index contributed by atoms with van der Waals surface area (Å²) < 4.78 is 2.26. The molecule has 6 heteroatoms. The molecule has 2 unspecified atom stereocenters. The second kappa shape index (κ2) is 8.92. The summed E-state index contributed by atoms with van der Waals surface area (Å²) in [5, 5.41) is 0. The van der Waals surface area contributed by atoms with Gasteiger partial charge in [-0.3, -0.25) is 4.79 Å². The van der Waals surface area contributed by atoms with Crippen LogP contribution in [0.1, 0.15) is 56.0 Å². The summed E-state index contributed by atoms with van der Waals surface area (Å²) in [7, 11) is 0. The molecule has 1 amide bonds. The molecule has 156 valence electrons. The zero-order valence-electron chi connectivity index (χ0n) is 17.3. The Bertz CT molecular complexity index is 858. The zero-order valence-corrected chi connectivity index (χ0v) is 18.2. The van der Waals surface area contributed by atoms with Crippen molar-refractivity contribution in [2.75, 3.05) is 12.3 Å². The molecule has 4 rings (SSSR count). The summed E-state index contributed by atoms with van der Waals surface area (Å²) in [5.74, 6) is 2.04. The van der Waals surface area contributed by atoms with Crippen LogP contribution in [0.25, 0.3) is 11.3 Å². The van der Waals surface area contributed by atoms with Crippen molar-refractivity contribution in [2.24, 2.45) is 11.7 Å². The quantitative estimate of drug-likeness (QED) is 0.731. The van der Waals surface area contributed by atoms with Crippen LogP contribution >= 0.6 is 12.6 Å². The minimum atomic E-state index is -0.551. The van der Waals surface area contributed by atoms with E-state index in [4.69, 9.17) is 10.7 Å². The summed E-state index contributed by atoms with van der Waals surface area (Å²) >= 11 is 4.26. The van der Waals surface area contributed by atoms with Crippen molar-refractivity contribution in [1.29, 1.82) is 0 Å². The second-order valence-corrected chi connectivity index (χ2v) is 8.93. The van der Waals surface area contributed by atoms with Crippen molar-refractivity contribution in [2.45, 2.75) is 64.1 Å². The minimum absolute atomic E-state index is 0.00283. The van der Waals surface area contributed by atoms with Gasteiger partial charge in [0.05, 0.1) is 17.8 Å². The minimum Gasteiger partial charge on any atom is -0.331 e. The number of aromatic nitrogens is 2. The van der Waals surface area contributed by atoms with E-state index in [1.807, 2.05) is 4.90 Å². The van der Waals surface area contributed by atoms with E-state index in [0.717, 1.165) is 30.0 Å². The van der Waals surface area contributed by atoms with Gasteiger partial charge in [-0.05, 0) is 24.8 Å². The number of carbonyl (C=O) groups is 1. The Labute approximate surface area is 179 Å². The lowest BCUT2D eigenvalue weighted by atomic mass is 9.84. The fourth-order valence-electron chi connectivity index (χ4n) is 4.90. The van der Waals surface area contributed by atoms with Gasteiger partial charge in [0, 0.05) is 30.6 Å². The summed E-state index contributed by atoms with van der Waals surface area (Å²) in [6.07, 6.45) is 9.57. The zero-order chi connectivity index (χ0) is 20.4. The van der Waals surface area contributed by atoms with Crippen LogP contribution in [-0.4, -0.2) is 38.7 Å². The third-order valence-electron chi connectivity index (χ3n) is 6.56. The molecule has 1 aliphatic carbocycles. The number of imidazole rings is 1. The summed E-state index contributed by atoms with van der Waals surface area (Å²) in [5.41, 5.74) is 9.47. The normalized spacial score (nSPS) is 21.1. The Kier molecular flexibility index (Phi) is 6.30. The van der Waals surface area contributed by atoms with Crippen molar-refractivity contribution < 1.29 is 4.79 Å². The molecule has 0 radical (unpaired) electrons. The Morgan fingerprint density at radius 2 is 2.00 bits per heavy atom. The number of hydrogen-bond donors (Lipinski definition) is 2. The molecule has 0 spiro atoms. The summed E-state index contributed by atoms with van der Waals surface area (Å²) in [4.78, 5) is 20.1. The standard InChI is InChI=1S/C23H32N4OS/c1-16-7-5-6-10-18(16)20-14-26-11-12-27(23(28)19(24)15-29)21(22(26)25-20)13-17-8-3-2-4-9-17/h5-7,10,14,17,19,21,29H,2-4,8-9,11-13,15,24H2,1H3. The maximum Gasteiger partial charge on any atom is 0.241 e. The van der Waals surface area contributed by atoms with E-state index in [9.17, 15) is 4.79 Å². The first kappa shape index (κ1) is 20.5. The molecule has 1 aromatic heterocycles. The molecule has 1 aliphatic heterocycles. The van der Waals surface area contributed by atoms with Crippen molar-refractivity contribution in [3.05, 3.63) is 41.9 Å². The van der Waals surface area contributed by atoms with Gasteiger partial charge in [0.2, 0.25) is 5.91 Å². The molecular weight excluding hydrogens is 380 g/mol. The first-order valence-corrected chi connectivity index (χ1v) is 11.5. The molecule has 2 atom stereocenters. The molecule has 1 aromatic carbocycles. The fraction of sp³-hybridized carbons (Fsp3) is 0.565. The van der Waals surface area contributed by atoms with Crippen molar-refractivity contribution in [1.82, 2.24) is 14.5 Å². The Hall–Kier alpha value is -1.79. The average Bonchev–Trinajstić information content (AvgIpc) is 3.18. The molecule has 2 aromatic rings. The van der Waals surface area contributed by atoms with E-state index >= 15 is 0 Å². The van der Waals surface area contributed by atoms with Crippen molar-refractivity contribution in [3.63, 3.8) is 0 Å². The number of carbonyl (C=O) groups excluding carboxylic acids is 1. The number of benzene rings is 1. The number of aryl methyl sites for hydroxylation is 1. The lowest BCUT2D eigenvalue weighted by Gasteiger charge is -2.39. The molecule has 2 N–H and O–H groups in total. The van der Waals surface area contributed by atoms with Gasteiger partial charge < -0.3 is 15.2 Å². The highest BCUT2D eigenvalue weighted by Gasteiger charge is 2.36. The molecule has 1 fully saturated rings. The molecule has 2 heterocycles. The third-order valence-corrected chi connectivity index (χ3v) is 6.96. The molecule has 1 saturated carbocycles. The van der Waals surface area contributed by atoms with Gasteiger partial charge in [0.15, 0.2) is 0 Å².